The summed E-state index contributed by atoms with van der Waals surface area (Å²) >= 11 is 0. The third kappa shape index (κ3) is 3.75. The number of carbonyl (C=O) groups excluding carboxylic acids is 1. The molecule has 0 bridgehead atoms. The van der Waals surface area contributed by atoms with Gasteiger partial charge in [0.15, 0.2) is 28.8 Å². The minimum absolute atomic E-state index is 0.00452. The van der Waals surface area contributed by atoms with Gasteiger partial charge < -0.3 is 33.9 Å². The number of allylic oxidation sites excluding steroid dienone is 1. The summed E-state index contributed by atoms with van der Waals surface area (Å²) in [5.74, 6) is -0.604. The third-order valence-electron chi connectivity index (χ3n) is 3.99. The zero-order chi connectivity index (χ0) is 20.8. The lowest BCUT2D eigenvalue weighted by Gasteiger charge is -2.19. The summed E-state index contributed by atoms with van der Waals surface area (Å²) in [4.78, 5) is 12.8. The van der Waals surface area contributed by atoms with Crippen LogP contribution in [-0.4, -0.2) is 51.5 Å². The molecule has 0 aliphatic heterocycles. The van der Waals surface area contributed by atoms with E-state index < -0.39 is 11.5 Å². The Balaban J connectivity index is 2.54. The molecule has 8 nitrogen and oxygen atoms in total. The van der Waals surface area contributed by atoms with Crippen LogP contribution in [0.2, 0.25) is 0 Å². The van der Waals surface area contributed by atoms with E-state index in [1.54, 1.807) is 12.1 Å². The zero-order valence-electron chi connectivity index (χ0n) is 16.2. The van der Waals surface area contributed by atoms with Crippen LogP contribution < -0.4 is 23.7 Å². The summed E-state index contributed by atoms with van der Waals surface area (Å²) in [6.07, 6.45) is 2.70. The monoisotopic (exact) mass is 390 g/mol. The molecule has 2 aromatic rings. The first-order chi connectivity index (χ1) is 13.4. The Morgan fingerprint density at radius 3 is 1.89 bits per heavy atom. The molecule has 0 amide bonds. The lowest BCUT2D eigenvalue weighted by molar-refractivity contribution is 0.104. The normalized spacial score (nSPS) is 10.6. The number of aromatic hydroxyl groups is 2. The summed E-state index contributed by atoms with van der Waals surface area (Å²) in [6.45, 7) is 0. The van der Waals surface area contributed by atoms with E-state index in [0.717, 1.165) is 0 Å². The van der Waals surface area contributed by atoms with Crippen molar-refractivity contribution < 1.29 is 38.7 Å². The van der Waals surface area contributed by atoms with Gasteiger partial charge in [0.25, 0.3) is 0 Å². The minimum atomic E-state index is -0.566. The Hall–Kier alpha value is -3.55. The van der Waals surface area contributed by atoms with Gasteiger partial charge in [0, 0.05) is 0 Å². The SMILES string of the molecule is COc1ccc(/C=C/C(=O)c2c(O)c(OC)c(OC)c(OC)c2OC)cc1O. The first-order valence-electron chi connectivity index (χ1n) is 8.11. The highest BCUT2D eigenvalue weighted by Crippen LogP contribution is 2.53. The molecule has 28 heavy (non-hydrogen) atoms. The molecule has 2 N–H and O–H groups in total. The van der Waals surface area contributed by atoms with Gasteiger partial charge in [0.1, 0.15) is 5.56 Å². The number of phenols is 2. The van der Waals surface area contributed by atoms with Crippen molar-refractivity contribution in [1.29, 1.82) is 0 Å². The lowest BCUT2D eigenvalue weighted by Crippen LogP contribution is -2.05. The fraction of sp³-hybridized carbons (Fsp3) is 0.250. The summed E-state index contributed by atoms with van der Waals surface area (Å²) < 4.78 is 25.9. The van der Waals surface area contributed by atoms with E-state index in [9.17, 15) is 15.0 Å². The highest BCUT2D eigenvalue weighted by Gasteiger charge is 2.30. The van der Waals surface area contributed by atoms with Gasteiger partial charge >= 0.3 is 0 Å². The molecule has 0 saturated carbocycles. The van der Waals surface area contributed by atoms with E-state index >= 15 is 0 Å². The molecule has 2 rings (SSSR count). The molecule has 0 aliphatic carbocycles. The van der Waals surface area contributed by atoms with Gasteiger partial charge in [-0.2, -0.15) is 0 Å². The van der Waals surface area contributed by atoms with Gasteiger partial charge in [-0.25, -0.2) is 0 Å². The first-order valence-corrected chi connectivity index (χ1v) is 8.11. The third-order valence-corrected chi connectivity index (χ3v) is 3.99. The van der Waals surface area contributed by atoms with E-state index in [0.29, 0.717) is 11.3 Å². The molecule has 0 aromatic heterocycles. The fourth-order valence-corrected chi connectivity index (χ4v) is 2.70. The summed E-state index contributed by atoms with van der Waals surface area (Å²) in [5, 5.41) is 20.4. The van der Waals surface area contributed by atoms with Crippen LogP contribution in [0.3, 0.4) is 0 Å². The van der Waals surface area contributed by atoms with E-state index in [1.807, 2.05) is 0 Å². The predicted octanol–water partition coefficient (Wildman–Crippen LogP) is 3.04. The molecule has 2 aromatic carbocycles. The van der Waals surface area contributed by atoms with Crippen molar-refractivity contribution in [2.24, 2.45) is 0 Å². The second-order valence-electron chi connectivity index (χ2n) is 5.49. The molecule has 0 heterocycles. The number of ketones is 1. The topological polar surface area (TPSA) is 104 Å². The molecule has 0 aliphatic rings. The van der Waals surface area contributed by atoms with Crippen LogP contribution in [0.15, 0.2) is 24.3 Å². The Bertz CT molecular complexity index is 902. The van der Waals surface area contributed by atoms with Crippen molar-refractivity contribution in [2.45, 2.75) is 0 Å². The van der Waals surface area contributed by atoms with Gasteiger partial charge in [-0.3, -0.25) is 4.79 Å². The van der Waals surface area contributed by atoms with Crippen LogP contribution in [-0.2, 0) is 0 Å². The Morgan fingerprint density at radius 2 is 1.39 bits per heavy atom. The van der Waals surface area contributed by atoms with Crippen LogP contribution in [0.25, 0.3) is 6.08 Å². The van der Waals surface area contributed by atoms with E-state index in [-0.39, 0.29) is 34.3 Å². The molecule has 0 saturated heterocycles. The number of hydrogen-bond acceptors (Lipinski definition) is 8. The van der Waals surface area contributed by atoms with E-state index in [2.05, 4.69) is 0 Å². The summed E-state index contributed by atoms with van der Waals surface area (Å²) in [6, 6.07) is 4.67. The second kappa shape index (κ2) is 8.90. The van der Waals surface area contributed by atoms with Gasteiger partial charge in [-0.15, -0.1) is 0 Å². The van der Waals surface area contributed by atoms with E-state index in [1.165, 1.54) is 53.8 Å². The quantitative estimate of drug-likeness (QED) is 0.524. The maximum atomic E-state index is 12.8. The maximum Gasteiger partial charge on any atom is 0.211 e. The number of rotatable bonds is 8. The average molecular weight is 390 g/mol. The van der Waals surface area contributed by atoms with Crippen molar-refractivity contribution in [3.8, 4) is 40.2 Å². The Kier molecular flexibility index (Phi) is 6.59. The van der Waals surface area contributed by atoms with Crippen LogP contribution >= 0.6 is 0 Å². The van der Waals surface area contributed by atoms with Crippen molar-refractivity contribution >= 4 is 11.9 Å². The van der Waals surface area contributed by atoms with Crippen molar-refractivity contribution in [3.63, 3.8) is 0 Å². The predicted molar refractivity (Wildman–Crippen MR) is 102 cm³/mol. The number of phenolic OH excluding ortho intramolecular Hbond substituents is 2. The van der Waals surface area contributed by atoms with Gasteiger partial charge in [0.05, 0.1) is 35.5 Å². The fourth-order valence-electron chi connectivity index (χ4n) is 2.70. The van der Waals surface area contributed by atoms with Crippen LogP contribution in [0.1, 0.15) is 15.9 Å². The van der Waals surface area contributed by atoms with Gasteiger partial charge in [-0.1, -0.05) is 12.1 Å². The zero-order valence-corrected chi connectivity index (χ0v) is 16.2. The van der Waals surface area contributed by atoms with Crippen LogP contribution in [0.5, 0.6) is 40.2 Å². The van der Waals surface area contributed by atoms with Gasteiger partial charge in [-0.05, 0) is 23.8 Å². The maximum absolute atomic E-state index is 12.8. The van der Waals surface area contributed by atoms with Crippen LogP contribution in [0.4, 0.5) is 0 Å². The van der Waals surface area contributed by atoms with Crippen molar-refractivity contribution in [2.75, 3.05) is 35.5 Å². The smallest absolute Gasteiger partial charge is 0.211 e. The number of carbonyl (C=O) groups is 1. The minimum Gasteiger partial charge on any atom is -0.504 e. The number of ether oxygens (including phenoxy) is 5. The Morgan fingerprint density at radius 1 is 0.821 bits per heavy atom. The number of hydrogen-bond donors (Lipinski definition) is 2. The molecule has 0 unspecified atom stereocenters. The van der Waals surface area contributed by atoms with Crippen LogP contribution in [0, 0.1) is 0 Å². The van der Waals surface area contributed by atoms with Crippen molar-refractivity contribution in [3.05, 3.63) is 35.4 Å². The molecular formula is C20H22O8. The number of benzene rings is 2. The molecule has 0 spiro atoms. The second-order valence-corrected chi connectivity index (χ2v) is 5.49. The van der Waals surface area contributed by atoms with Crippen molar-refractivity contribution in [1.82, 2.24) is 0 Å². The molecule has 8 heteroatoms. The molecule has 0 fully saturated rings. The molecule has 0 atom stereocenters. The van der Waals surface area contributed by atoms with E-state index in [4.69, 9.17) is 23.7 Å². The molecular weight excluding hydrogens is 368 g/mol. The molecule has 0 radical (unpaired) electrons. The Labute approximate surface area is 162 Å². The lowest BCUT2D eigenvalue weighted by atomic mass is 10.0. The summed E-state index contributed by atoms with van der Waals surface area (Å²) in [5.41, 5.74) is 0.406. The highest BCUT2D eigenvalue weighted by molar-refractivity contribution is 6.12. The average Bonchev–Trinajstić information content (AvgIpc) is 2.70. The van der Waals surface area contributed by atoms with Gasteiger partial charge in [0.2, 0.25) is 17.2 Å². The molecule has 150 valence electrons. The summed E-state index contributed by atoms with van der Waals surface area (Å²) in [7, 11) is 6.85. The number of methoxy groups -OCH3 is 5. The standard InChI is InChI=1S/C20H22O8/c1-24-14-9-7-11(10-13(14)22)6-8-12(21)15-16(23)18(26-3)20(28-5)19(27-4)17(15)25-2/h6-10,22-23H,1-5H3/b8-6+. The largest absolute Gasteiger partial charge is 0.504 e. The first kappa shape index (κ1) is 20.8. The highest BCUT2D eigenvalue weighted by atomic mass is 16.5.